The first-order chi connectivity index (χ1) is 9.52. The van der Waals surface area contributed by atoms with Crippen LogP contribution in [0.5, 0.6) is 0 Å². The van der Waals surface area contributed by atoms with Crippen LogP contribution in [0.2, 0.25) is 0 Å². The lowest BCUT2D eigenvalue weighted by atomic mass is 10.0. The third kappa shape index (κ3) is 3.51. The van der Waals surface area contributed by atoms with E-state index in [1.807, 2.05) is 12.1 Å². The molecule has 1 heterocycles. The van der Waals surface area contributed by atoms with Crippen molar-refractivity contribution in [1.82, 2.24) is 4.90 Å². The molecule has 2 N–H and O–H groups in total. The predicted molar refractivity (Wildman–Crippen MR) is 93.6 cm³/mol. The number of hydrogen-bond donors (Lipinski definition) is 1. The van der Waals surface area contributed by atoms with Crippen LogP contribution < -0.4 is 10.6 Å². The Balaban J connectivity index is 2.09. The number of piperidine rings is 1. The van der Waals surface area contributed by atoms with Crippen LogP contribution in [0.3, 0.4) is 0 Å². The molecule has 1 saturated heterocycles. The number of anilines is 1. The summed E-state index contributed by atoms with van der Waals surface area (Å²) in [5.41, 5.74) is 7.79. The molecule has 0 spiro atoms. The Morgan fingerprint density at radius 1 is 1.45 bits per heavy atom. The Labute approximate surface area is 135 Å². The van der Waals surface area contributed by atoms with Gasteiger partial charge in [0.05, 0.1) is 5.69 Å². The van der Waals surface area contributed by atoms with Crippen LogP contribution in [-0.2, 0) is 0 Å². The maximum Gasteiger partial charge on any atom is 0.104 e. The molecule has 1 aromatic carbocycles. The molecule has 20 heavy (non-hydrogen) atoms. The summed E-state index contributed by atoms with van der Waals surface area (Å²) in [6.07, 6.45) is 2.43. The topological polar surface area (TPSA) is 32.5 Å². The summed E-state index contributed by atoms with van der Waals surface area (Å²) in [5, 5.41) is 0. The van der Waals surface area contributed by atoms with Crippen molar-refractivity contribution in [2.75, 3.05) is 31.6 Å². The largest absolute Gasteiger partial charge is 0.389 e. The zero-order valence-corrected chi connectivity index (χ0v) is 14.5. The van der Waals surface area contributed by atoms with E-state index in [2.05, 4.69) is 45.8 Å². The number of nitrogens with two attached hydrogens (primary N) is 1. The Morgan fingerprint density at radius 2 is 2.10 bits per heavy atom. The van der Waals surface area contributed by atoms with Crippen molar-refractivity contribution in [2.45, 2.75) is 25.8 Å². The zero-order chi connectivity index (χ0) is 14.7. The van der Waals surface area contributed by atoms with Gasteiger partial charge in [0.25, 0.3) is 0 Å². The molecular weight excluding hydrogens is 334 g/mol. The summed E-state index contributed by atoms with van der Waals surface area (Å²) in [7, 11) is 2.17. The standard InChI is InChI=1S/C15H22BrN3S/c1-3-19-8-6-12(7-9-19)18(2)14-5-4-11(15(17)20)10-13(14)16/h4-5,10,12H,3,6-9H2,1-2H3,(H2,17,20). The molecule has 1 fully saturated rings. The van der Waals surface area contributed by atoms with Gasteiger partial charge in [-0.3, -0.25) is 0 Å². The van der Waals surface area contributed by atoms with Gasteiger partial charge in [-0.2, -0.15) is 0 Å². The van der Waals surface area contributed by atoms with Crippen molar-refractivity contribution in [3.8, 4) is 0 Å². The first-order valence-electron chi connectivity index (χ1n) is 7.07. The molecule has 1 aliphatic heterocycles. The molecule has 0 aliphatic carbocycles. The maximum atomic E-state index is 5.67. The number of halogens is 1. The molecule has 0 bridgehead atoms. The minimum absolute atomic E-state index is 0.441. The van der Waals surface area contributed by atoms with Gasteiger partial charge in [-0.25, -0.2) is 0 Å². The summed E-state index contributed by atoms with van der Waals surface area (Å²) >= 11 is 8.66. The van der Waals surface area contributed by atoms with E-state index in [1.165, 1.54) is 31.6 Å². The lowest BCUT2D eigenvalue weighted by Gasteiger charge is -2.37. The van der Waals surface area contributed by atoms with E-state index in [1.54, 1.807) is 0 Å². The number of benzene rings is 1. The number of thiocarbonyl (C=S) groups is 1. The van der Waals surface area contributed by atoms with Crippen molar-refractivity contribution in [2.24, 2.45) is 5.73 Å². The summed E-state index contributed by atoms with van der Waals surface area (Å²) in [6.45, 7) is 5.76. The predicted octanol–water partition coefficient (Wildman–Crippen LogP) is 3.00. The number of rotatable bonds is 4. The highest BCUT2D eigenvalue weighted by Gasteiger charge is 2.22. The summed E-state index contributed by atoms with van der Waals surface area (Å²) in [6, 6.07) is 6.71. The van der Waals surface area contributed by atoms with E-state index >= 15 is 0 Å². The average molecular weight is 356 g/mol. The smallest absolute Gasteiger partial charge is 0.104 e. The second kappa shape index (κ2) is 6.87. The first kappa shape index (κ1) is 15.7. The highest BCUT2D eigenvalue weighted by molar-refractivity contribution is 9.10. The van der Waals surface area contributed by atoms with E-state index in [0.29, 0.717) is 11.0 Å². The minimum Gasteiger partial charge on any atom is -0.389 e. The molecule has 0 amide bonds. The molecular formula is C15H22BrN3S. The Morgan fingerprint density at radius 3 is 2.60 bits per heavy atom. The second-order valence-corrected chi connectivity index (χ2v) is 6.60. The van der Waals surface area contributed by atoms with Crippen molar-refractivity contribution in [3.63, 3.8) is 0 Å². The highest BCUT2D eigenvalue weighted by atomic mass is 79.9. The van der Waals surface area contributed by atoms with Gasteiger partial charge in [0.15, 0.2) is 0 Å². The summed E-state index contributed by atoms with van der Waals surface area (Å²) < 4.78 is 1.06. The Kier molecular flexibility index (Phi) is 5.41. The third-order valence-electron chi connectivity index (χ3n) is 4.16. The summed E-state index contributed by atoms with van der Waals surface area (Å²) in [5.74, 6) is 0. The van der Waals surface area contributed by atoms with Gasteiger partial charge in [0, 0.05) is 36.2 Å². The van der Waals surface area contributed by atoms with E-state index < -0.39 is 0 Å². The monoisotopic (exact) mass is 355 g/mol. The molecule has 1 aliphatic rings. The molecule has 0 atom stereocenters. The zero-order valence-electron chi connectivity index (χ0n) is 12.1. The van der Waals surface area contributed by atoms with Crippen molar-refractivity contribution < 1.29 is 0 Å². The van der Waals surface area contributed by atoms with E-state index in [9.17, 15) is 0 Å². The van der Waals surface area contributed by atoms with Gasteiger partial charge in [-0.15, -0.1) is 0 Å². The van der Waals surface area contributed by atoms with Crippen molar-refractivity contribution >= 4 is 38.8 Å². The van der Waals surface area contributed by atoms with Crippen LogP contribution in [-0.4, -0.2) is 42.6 Å². The molecule has 0 saturated carbocycles. The Hall–Kier alpha value is -0.650. The molecule has 1 aromatic rings. The van der Waals surface area contributed by atoms with E-state index in [0.717, 1.165) is 16.6 Å². The number of likely N-dealkylation sites (tertiary alicyclic amines) is 1. The number of nitrogens with zero attached hydrogens (tertiary/aromatic N) is 2. The minimum atomic E-state index is 0.441. The molecule has 3 nitrogen and oxygen atoms in total. The van der Waals surface area contributed by atoms with E-state index in [4.69, 9.17) is 18.0 Å². The van der Waals surface area contributed by atoms with Gasteiger partial charge in [-0.1, -0.05) is 19.1 Å². The van der Waals surface area contributed by atoms with Gasteiger partial charge < -0.3 is 15.5 Å². The fourth-order valence-corrected chi connectivity index (χ4v) is 3.55. The van der Waals surface area contributed by atoms with Gasteiger partial charge in [0.1, 0.15) is 4.99 Å². The number of hydrogen-bond acceptors (Lipinski definition) is 3. The van der Waals surface area contributed by atoms with Crippen LogP contribution in [0.4, 0.5) is 5.69 Å². The molecule has 110 valence electrons. The molecule has 0 radical (unpaired) electrons. The summed E-state index contributed by atoms with van der Waals surface area (Å²) in [4.78, 5) is 5.33. The van der Waals surface area contributed by atoms with Crippen LogP contribution in [0.15, 0.2) is 22.7 Å². The lowest BCUT2D eigenvalue weighted by Crippen LogP contribution is -2.43. The normalized spacial score (nSPS) is 17.1. The van der Waals surface area contributed by atoms with E-state index in [-0.39, 0.29) is 0 Å². The Bertz CT molecular complexity index is 484. The fourth-order valence-electron chi connectivity index (χ4n) is 2.77. The maximum absolute atomic E-state index is 5.67. The average Bonchev–Trinajstić information content (AvgIpc) is 2.46. The quantitative estimate of drug-likeness (QED) is 0.841. The SMILES string of the molecule is CCN1CCC(N(C)c2ccc(C(N)=S)cc2Br)CC1. The van der Waals surface area contributed by atoms with Crippen molar-refractivity contribution in [1.29, 1.82) is 0 Å². The van der Waals surface area contributed by atoms with Crippen LogP contribution in [0.1, 0.15) is 25.3 Å². The van der Waals surface area contributed by atoms with Gasteiger partial charge in [0.2, 0.25) is 0 Å². The molecule has 0 unspecified atom stereocenters. The fraction of sp³-hybridized carbons (Fsp3) is 0.533. The van der Waals surface area contributed by atoms with Crippen LogP contribution >= 0.6 is 28.1 Å². The highest BCUT2D eigenvalue weighted by Crippen LogP contribution is 2.30. The molecule has 5 heteroatoms. The van der Waals surface area contributed by atoms with Crippen LogP contribution in [0, 0.1) is 0 Å². The van der Waals surface area contributed by atoms with Gasteiger partial charge in [-0.05, 0) is 53.5 Å². The molecule has 2 rings (SSSR count). The van der Waals surface area contributed by atoms with Crippen molar-refractivity contribution in [3.05, 3.63) is 28.2 Å². The van der Waals surface area contributed by atoms with Gasteiger partial charge >= 0.3 is 0 Å². The lowest BCUT2D eigenvalue weighted by molar-refractivity contribution is 0.221. The first-order valence-corrected chi connectivity index (χ1v) is 8.27. The second-order valence-electron chi connectivity index (χ2n) is 5.31. The molecule has 0 aromatic heterocycles. The third-order valence-corrected chi connectivity index (χ3v) is 5.04. The van der Waals surface area contributed by atoms with Crippen LogP contribution in [0.25, 0.3) is 0 Å².